The van der Waals surface area contributed by atoms with Crippen molar-refractivity contribution in [2.24, 2.45) is 5.92 Å². The van der Waals surface area contributed by atoms with Gasteiger partial charge in [0.15, 0.2) is 0 Å². The molecule has 1 aliphatic rings. The lowest BCUT2D eigenvalue weighted by Crippen LogP contribution is -2.42. The Morgan fingerprint density at radius 3 is 2.00 bits per heavy atom. The predicted molar refractivity (Wildman–Crippen MR) is 177 cm³/mol. The molecule has 0 spiro atoms. The molecule has 5 heteroatoms. The van der Waals surface area contributed by atoms with Gasteiger partial charge in [-0.2, -0.15) is 5.26 Å². The van der Waals surface area contributed by atoms with E-state index in [4.69, 9.17) is 0 Å². The summed E-state index contributed by atoms with van der Waals surface area (Å²) in [4.78, 5) is 14.5. The van der Waals surface area contributed by atoms with Gasteiger partial charge in [0, 0.05) is 23.7 Å². The van der Waals surface area contributed by atoms with Gasteiger partial charge in [-0.25, -0.2) is 0 Å². The van der Waals surface area contributed by atoms with Gasteiger partial charge in [-0.05, 0) is 53.8 Å². The van der Waals surface area contributed by atoms with Crippen LogP contribution in [-0.2, 0) is 0 Å². The van der Waals surface area contributed by atoms with Crippen molar-refractivity contribution in [1.29, 1.82) is 5.26 Å². The molecule has 42 heavy (non-hydrogen) atoms. The highest BCUT2D eigenvalue weighted by molar-refractivity contribution is 5.60. The van der Waals surface area contributed by atoms with Gasteiger partial charge >= 0.3 is 0 Å². The highest BCUT2D eigenvalue weighted by Gasteiger charge is 2.47. The van der Waals surface area contributed by atoms with E-state index in [1.165, 1.54) is 69.9 Å². The molecule has 2 atom stereocenters. The first-order chi connectivity index (χ1) is 20.5. The van der Waals surface area contributed by atoms with E-state index in [0.29, 0.717) is 0 Å². The molecule has 0 saturated heterocycles. The Hall–Kier alpha value is -3.91. The average Bonchev–Trinajstić information content (AvgIpc) is 3.02. The van der Waals surface area contributed by atoms with Crippen LogP contribution in [0, 0.1) is 27.4 Å². The number of hydrogen-bond acceptors (Lipinski definition) is 4. The molecular weight excluding hydrogens is 518 g/mol. The summed E-state index contributed by atoms with van der Waals surface area (Å²) < 4.78 is 0. The number of anilines is 1. The van der Waals surface area contributed by atoms with Crippen molar-refractivity contribution in [2.45, 2.75) is 83.6 Å². The van der Waals surface area contributed by atoms with E-state index in [1.807, 2.05) is 54.6 Å². The molecule has 1 aliphatic carbocycles. The van der Waals surface area contributed by atoms with E-state index >= 15 is 0 Å². The van der Waals surface area contributed by atoms with Gasteiger partial charge in [-0.15, -0.1) is 0 Å². The summed E-state index contributed by atoms with van der Waals surface area (Å²) in [6, 6.07) is 20.3. The van der Waals surface area contributed by atoms with Gasteiger partial charge < -0.3 is 4.90 Å². The van der Waals surface area contributed by atoms with E-state index in [1.54, 1.807) is 30.4 Å². The van der Waals surface area contributed by atoms with Crippen molar-refractivity contribution in [1.82, 2.24) is 0 Å². The van der Waals surface area contributed by atoms with Crippen molar-refractivity contribution in [2.75, 3.05) is 18.0 Å². The molecule has 0 fully saturated rings. The van der Waals surface area contributed by atoms with Crippen LogP contribution in [0.5, 0.6) is 0 Å². The minimum Gasteiger partial charge on any atom is -0.372 e. The highest BCUT2D eigenvalue weighted by atomic mass is 16.6. The molecule has 0 bridgehead atoms. The topological polar surface area (TPSA) is 70.2 Å². The van der Waals surface area contributed by atoms with Gasteiger partial charge in [0.05, 0.1) is 6.07 Å². The van der Waals surface area contributed by atoms with Crippen molar-refractivity contribution < 1.29 is 4.92 Å². The molecular formula is C37H47N3O2. The SMILES string of the molecule is CCCCCCCN(CCCCCCC)c1ccc(C=CC2([N+](=O)[O-])C=CC(C=Cc3ccccc3)=CC2C#N)cc1. The maximum atomic E-state index is 12.3. The lowest BCUT2D eigenvalue weighted by Gasteiger charge is -2.26. The first-order valence-corrected chi connectivity index (χ1v) is 15.7. The van der Waals surface area contributed by atoms with Crippen molar-refractivity contribution in [3.05, 3.63) is 112 Å². The zero-order valence-corrected chi connectivity index (χ0v) is 25.5. The molecule has 0 N–H and O–H groups in total. The lowest BCUT2D eigenvalue weighted by atomic mass is 9.79. The molecule has 5 nitrogen and oxygen atoms in total. The Morgan fingerprint density at radius 2 is 1.43 bits per heavy atom. The molecule has 0 aromatic heterocycles. The Bertz CT molecular complexity index is 1240. The standard InChI is InChI=1S/C37H47N3O2/c1-3-5-7-9-14-28-39(29-15-10-8-6-4-2)36-22-20-33(21-23-36)24-26-37(40(41)42)27-25-34(30-35(37)31-38)19-18-32-16-12-11-13-17-32/h11-13,16-27,30,35H,3-10,14-15,28-29H2,1-2H3. The molecule has 0 amide bonds. The molecule has 0 saturated carbocycles. The summed E-state index contributed by atoms with van der Waals surface area (Å²) in [6.07, 6.45) is 24.8. The largest absolute Gasteiger partial charge is 0.372 e. The summed E-state index contributed by atoms with van der Waals surface area (Å²) in [5, 5.41) is 22.2. The molecule has 0 aliphatic heterocycles. The first-order valence-electron chi connectivity index (χ1n) is 15.7. The molecule has 0 heterocycles. The fourth-order valence-electron chi connectivity index (χ4n) is 5.33. The van der Waals surface area contributed by atoms with Crippen LogP contribution in [0.15, 0.2) is 90.6 Å². The van der Waals surface area contributed by atoms with Crippen LogP contribution in [0.1, 0.15) is 89.2 Å². The zero-order chi connectivity index (χ0) is 30.0. The average molecular weight is 566 g/mol. The monoisotopic (exact) mass is 565 g/mol. The van der Waals surface area contributed by atoms with Gasteiger partial charge in [-0.1, -0.05) is 138 Å². The normalized spacial score (nSPS) is 18.3. The maximum absolute atomic E-state index is 12.3. The number of nitriles is 1. The summed E-state index contributed by atoms with van der Waals surface area (Å²) in [5.41, 5.74) is 2.29. The molecule has 222 valence electrons. The minimum absolute atomic E-state index is 0.352. The third-order valence-corrected chi connectivity index (χ3v) is 7.99. The number of rotatable bonds is 18. The molecule has 3 rings (SSSR count). The van der Waals surface area contributed by atoms with E-state index in [2.05, 4.69) is 36.9 Å². The van der Waals surface area contributed by atoms with E-state index in [0.717, 1.165) is 29.8 Å². The summed E-state index contributed by atoms with van der Waals surface area (Å²) in [6.45, 7) is 6.60. The van der Waals surface area contributed by atoms with Crippen LogP contribution in [0.3, 0.4) is 0 Å². The quantitative estimate of drug-likeness (QED) is 0.102. The third kappa shape index (κ3) is 9.87. The van der Waals surface area contributed by atoms with Crippen LogP contribution in [0.25, 0.3) is 12.2 Å². The molecule has 2 aromatic carbocycles. The summed E-state index contributed by atoms with van der Waals surface area (Å²) >= 11 is 0. The van der Waals surface area contributed by atoms with E-state index < -0.39 is 11.5 Å². The number of hydrogen-bond donors (Lipinski definition) is 0. The smallest absolute Gasteiger partial charge is 0.278 e. The number of benzene rings is 2. The van der Waals surface area contributed by atoms with Gasteiger partial charge in [0.1, 0.15) is 5.92 Å². The number of unbranched alkanes of at least 4 members (excludes halogenated alkanes) is 8. The van der Waals surface area contributed by atoms with E-state index in [-0.39, 0.29) is 4.92 Å². The van der Waals surface area contributed by atoms with Crippen LogP contribution in [0.2, 0.25) is 0 Å². The minimum atomic E-state index is -1.61. The molecule has 2 unspecified atom stereocenters. The Kier molecular flexibility index (Phi) is 13.8. The Labute approximate surface area is 253 Å². The number of allylic oxidation sites excluding steroid dienone is 3. The highest BCUT2D eigenvalue weighted by Crippen LogP contribution is 2.33. The van der Waals surface area contributed by atoms with Gasteiger partial charge in [0.2, 0.25) is 0 Å². The Morgan fingerprint density at radius 1 is 0.833 bits per heavy atom. The molecule has 0 radical (unpaired) electrons. The molecule has 2 aromatic rings. The van der Waals surface area contributed by atoms with Gasteiger partial charge in [0.25, 0.3) is 5.54 Å². The van der Waals surface area contributed by atoms with Crippen LogP contribution in [0.4, 0.5) is 5.69 Å². The lowest BCUT2D eigenvalue weighted by molar-refractivity contribution is -0.545. The van der Waals surface area contributed by atoms with Crippen LogP contribution in [-0.4, -0.2) is 23.6 Å². The zero-order valence-electron chi connectivity index (χ0n) is 25.5. The van der Waals surface area contributed by atoms with Crippen molar-refractivity contribution in [3.63, 3.8) is 0 Å². The second-order valence-electron chi connectivity index (χ2n) is 11.2. The second-order valence-corrected chi connectivity index (χ2v) is 11.2. The van der Waals surface area contributed by atoms with Gasteiger partial charge in [-0.3, -0.25) is 10.1 Å². The second kappa shape index (κ2) is 17.8. The van der Waals surface area contributed by atoms with Crippen LogP contribution >= 0.6 is 0 Å². The van der Waals surface area contributed by atoms with Crippen LogP contribution < -0.4 is 4.90 Å². The summed E-state index contributed by atoms with van der Waals surface area (Å²) in [5.74, 6) is -0.917. The Balaban J connectivity index is 1.71. The van der Waals surface area contributed by atoms with E-state index in [9.17, 15) is 15.4 Å². The first kappa shape index (κ1) is 32.6. The summed E-state index contributed by atoms with van der Waals surface area (Å²) in [7, 11) is 0. The number of nitrogens with zero attached hydrogens (tertiary/aromatic N) is 3. The number of nitro groups is 1. The fraction of sp³-hybridized carbons (Fsp3) is 0.432. The van der Waals surface area contributed by atoms with Crippen molar-refractivity contribution >= 4 is 17.8 Å². The fourth-order valence-corrected chi connectivity index (χ4v) is 5.33. The predicted octanol–water partition coefficient (Wildman–Crippen LogP) is 9.81. The van der Waals surface area contributed by atoms with Crippen molar-refractivity contribution in [3.8, 4) is 6.07 Å². The maximum Gasteiger partial charge on any atom is 0.278 e. The third-order valence-electron chi connectivity index (χ3n) is 7.99.